The van der Waals surface area contributed by atoms with Crippen molar-refractivity contribution in [1.29, 1.82) is 0 Å². The number of nitrogens with one attached hydrogen (secondary N) is 1. The standard InChI is InChI=1S/C23H29N3O4S.C2H2/c1-14-8-16(3)21(9-15(14)2)31-13-25-23(30)26-6-4-17(5-7-26)22-19(28)10-18(11-24-22)20(29)12-27;1-2/h4,8-11,20,27-29H,5-7,12-13H2,1-3H3,(H,25,30);1-2H/t20-;/m1./s1. The molecule has 2 heterocycles. The Morgan fingerprint density at radius 3 is 2.52 bits per heavy atom. The number of terminal acetylenes is 1. The molecule has 2 aromatic rings. The van der Waals surface area contributed by atoms with Gasteiger partial charge in [0.2, 0.25) is 0 Å². The number of thioether (sulfide) groups is 1. The first-order valence-corrected chi connectivity index (χ1v) is 11.5. The predicted molar refractivity (Wildman–Crippen MR) is 132 cm³/mol. The largest absolute Gasteiger partial charge is 0.506 e. The molecule has 7 nitrogen and oxygen atoms in total. The zero-order chi connectivity index (χ0) is 24.5. The first-order chi connectivity index (χ1) is 15.8. The molecule has 0 unspecified atom stereocenters. The van der Waals surface area contributed by atoms with E-state index in [1.807, 2.05) is 6.08 Å². The molecule has 1 aliphatic rings. The first kappa shape index (κ1) is 26.3. The van der Waals surface area contributed by atoms with Crippen molar-refractivity contribution in [2.24, 2.45) is 0 Å². The molecule has 0 fully saturated rings. The van der Waals surface area contributed by atoms with Crippen LogP contribution in [-0.2, 0) is 0 Å². The average molecular weight is 470 g/mol. The number of carbonyl (C=O) groups is 1. The van der Waals surface area contributed by atoms with E-state index in [1.165, 1.54) is 33.8 Å². The Hall–Kier alpha value is -2.99. The monoisotopic (exact) mass is 469 g/mol. The molecule has 2 amide bonds. The van der Waals surface area contributed by atoms with E-state index in [-0.39, 0.29) is 11.8 Å². The maximum atomic E-state index is 12.5. The molecular formula is C25H31N3O4S. The molecule has 0 bridgehead atoms. The van der Waals surface area contributed by atoms with Crippen LogP contribution in [0.25, 0.3) is 5.57 Å². The zero-order valence-corrected chi connectivity index (χ0v) is 20.0. The minimum atomic E-state index is -1.07. The molecule has 176 valence electrons. The number of aromatic nitrogens is 1. The average Bonchev–Trinajstić information content (AvgIpc) is 2.83. The maximum absolute atomic E-state index is 12.5. The molecule has 3 rings (SSSR count). The lowest BCUT2D eigenvalue weighted by Crippen LogP contribution is -2.42. The van der Waals surface area contributed by atoms with Crippen molar-refractivity contribution in [2.75, 3.05) is 25.6 Å². The first-order valence-electron chi connectivity index (χ1n) is 10.5. The van der Waals surface area contributed by atoms with Gasteiger partial charge in [-0.15, -0.1) is 24.6 Å². The van der Waals surface area contributed by atoms with Crippen molar-refractivity contribution in [1.82, 2.24) is 15.2 Å². The number of benzene rings is 1. The van der Waals surface area contributed by atoms with Crippen LogP contribution < -0.4 is 5.32 Å². The van der Waals surface area contributed by atoms with Crippen molar-refractivity contribution in [2.45, 2.75) is 38.2 Å². The zero-order valence-electron chi connectivity index (χ0n) is 19.2. The van der Waals surface area contributed by atoms with E-state index < -0.39 is 12.7 Å². The van der Waals surface area contributed by atoms with Crippen LogP contribution >= 0.6 is 11.8 Å². The summed E-state index contributed by atoms with van der Waals surface area (Å²) in [6.45, 7) is 6.77. The lowest BCUT2D eigenvalue weighted by molar-refractivity contribution is 0.0951. The van der Waals surface area contributed by atoms with Gasteiger partial charge in [0.05, 0.1) is 12.5 Å². The molecule has 0 saturated heterocycles. The normalized spacial score (nSPS) is 14.0. The minimum Gasteiger partial charge on any atom is -0.506 e. The summed E-state index contributed by atoms with van der Waals surface area (Å²) >= 11 is 1.61. The molecule has 1 aliphatic heterocycles. The van der Waals surface area contributed by atoms with Gasteiger partial charge in [-0.2, -0.15) is 0 Å². The molecule has 8 heteroatoms. The van der Waals surface area contributed by atoms with Gasteiger partial charge in [-0.1, -0.05) is 12.1 Å². The summed E-state index contributed by atoms with van der Waals surface area (Å²) in [6.07, 6.45) is 10.8. The third-order valence-electron chi connectivity index (χ3n) is 5.49. The van der Waals surface area contributed by atoms with Crippen molar-refractivity contribution in [3.63, 3.8) is 0 Å². The fourth-order valence-electron chi connectivity index (χ4n) is 3.45. The Morgan fingerprint density at radius 1 is 1.21 bits per heavy atom. The molecule has 0 radical (unpaired) electrons. The van der Waals surface area contributed by atoms with Gasteiger partial charge in [-0.05, 0) is 61.6 Å². The van der Waals surface area contributed by atoms with E-state index in [2.05, 4.69) is 56.1 Å². The lowest BCUT2D eigenvalue weighted by atomic mass is 10.0. The molecule has 1 atom stereocenters. The number of rotatable bonds is 6. The molecule has 0 spiro atoms. The summed E-state index contributed by atoms with van der Waals surface area (Å²) in [5.41, 5.74) is 5.36. The highest BCUT2D eigenvalue weighted by atomic mass is 32.2. The van der Waals surface area contributed by atoms with E-state index in [0.717, 1.165) is 5.57 Å². The Labute approximate surface area is 199 Å². The highest BCUT2D eigenvalue weighted by Gasteiger charge is 2.21. The Kier molecular flexibility index (Phi) is 9.79. The number of nitrogens with zero attached hydrogens (tertiary/aromatic N) is 2. The van der Waals surface area contributed by atoms with E-state index in [4.69, 9.17) is 5.11 Å². The third kappa shape index (κ3) is 6.75. The van der Waals surface area contributed by atoms with E-state index in [0.29, 0.717) is 36.6 Å². The predicted octanol–water partition coefficient (Wildman–Crippen LogP) is 3.54. The van der Waals surface area contributed by atoms with Gasteiger partial charge in [0.15, 0.2) is 0 Å². The van der Waals surface area contributed by atoms with Gasteiger partial charge in [0.25, 0.3) is 0 Å². The second kappa shape index (κ2) is 12.3. The van der Waals surface area contributed by atoms with Crippen molar-refractivity contribution in [3.8, 4) is 18.6 Å². The number of carbonyl (C=O) groups excluding carboxylic acids is 1. The second-order valence-corrected chi connectivity index (χ2v) is 8.75. The molecule has 4 N–H and O–H groups in total. The summed E-state index contributed by atoms with van der Waals surface area (Å²) < 4.78 is 0. The molecule has 33 heavy (non-hydrogen) atoms. The number of aryl methyl sites for hydroxylation is 3. The number of urea groups is 1. The van der Waals surface area contributed by atoms with Crippen molar-refractivity contribution >= 4 is 23.4 Å². The van der Waals surface area contributed by atoms with E-state index in [1.54, 1.807) is 16.7 Å². The Morgan fingerprint density at radius 2 is 1.91 bits per heavy atom. The fraction of sp³-hybridized carbons (Fsp3) is 0.360. The maximum Gasteiger partial charge on any atom is 0.318 e. The van der Waals surface area contributed by atoms with Crippen molar-refractivity contribution in [3.05, 3.63) is 58.4 Å². The number of aliphatic hydroxyl groups is 2. The van der Waals surface area contributed by atoms with Crippen LogP contribution in [0, 0.1) is 33.6 Å². The minimum absolute atomic E-state index is 0.0469. The van der Waals surface area contributed by atoms with Crippen LogP contribution in [-0.4, -0.2) is 56.8 Å². The van der Waals surface area contributed by atoms with Crippen molar-refractivity contribution < 1.29 is 20.1 Å². The number of aromatic hydroxyl groups is 1. The third-order valence-corrected chi connectivity index (χ3v) is 6.53. The number of amides is 2. The molecule has 1 aromatic carbocycles. The van der Waals surface area contributed by atoms with Crippen LogP contribution in [0.15, 0.2) is 35.4 Å². The topological polar surface area (TPSA) is 106 Å². The van der Waals surface area contributed by atoms with Crippen LogP contribution in [0.4, 0.5) is 4.79 Å². The number of hydrogen-bond donors (Lipinski definition) is 4. The van der Waals surface area contributed by atoms with Gasteiger partial charge in [0, 0.05) is 29.7 Å². The Bertz CT molecular complexity index is 1040. The van der Waals surface area contributed by atoms with Crippen LogP contribution in [0.2, 0.25) is 0 Å². The molecule has 0 aliphatic carbocycles. The van der Waals surface area contributed by atoms with Crippen LogP contribution in [0.3, 0.4) is 0 Å². The second-order valence-electron chi connectivity index (χ2n) is 7.73. The highest BCUT2D eigenvalue weighted by Crippen LogP contribution is 2.30. The van der Waals surface area contributed by atoms with Gasteiger partial charge >= 0.3 is 6.03 Å². The summed E-state index contributed by atoms with van der Waals surface area (Å²) in [5.74, 6) is 0.445. The molecular weight excluding hydrogens is 438 g/mol. The van der Waals surface area contributed by atoms with Gasteiger partial charge in [-0.3, -0.25) is 4.98 Å². The summed E-state index contributed by atoms with van der Waals surface area (Å²) in [4.78, 5) is 19.6. The lowest BCUT2D eigenvalue weighted by Gasteiger charge is -2.27. The summed E-state index contributed by atoms with van der Waals surface area (Å²) in [5, 5.41) is 31.9. The number of hydrogen-bond acceptors (Lipinski definition) is 6. The SMILES string of the molecule is C#C.Cc1cc(C)c(SCNC(=O)N2CC=C(c3ncc([C@H](O)CO)cc3O)CC2)cc1C. The summed E-state index contributed by atoms with van der Waals surface area (Å²) in [7, 11) is 0. The fourth-order valence-corrected chi connectivity index (χ4v) is 4.35. The Balaban J connectivity index is 0.00000187. The van der Waals surface area contributed by atoms with Gasteiger partial charge in [-0.25, -0.2) is 4.79 Å². The smallest absolute Gasteiger partial charge is 0.318 e. The molecule has 1 aromatic heterocycles. The number of pyridine rings is 1. The molecule has 0 saturated carbocycles. The van der Waals surface area contributed by atoms with E-state index >= 15 is 0 Å². The summed E-state index contributed by atoms with van der Waals surface area (Å²) in [6, 6.07) is 5.61. The van der Waals surface area contributed by atoms with Gasteiger partial charge in [0.1, 0.15) is 17.5 Å². The highest BCUT2D eigenvalue weighted by molar-refractivity contribution is 7.99. The number of aliphatic hydroxyl groups excluding tert-OH is 2. The van der Waals surface area contributed by atoms with Crippen LogP contribution in [0.1, 0.15) is 40.5 Å². The van der Waals surface area contributed by atoms with E-state index in [9.17, 15) is 15.0 Å². The van der Waals surface area contributed by atoms with Crippen LogP contribution in [0.5, 0.6) is 5.75 Å². The quantitative estimate of drug-likeness (QED) is 0.293. The van der Waals surface area contributed by atoms with Gasteiger partial charge < -0.3 is 25.5 Å².